The summed E-state index contributed by atoms with van der Waals surface area (Å²) in [6.45, 7) is 7.05. The Morgan fingerprint density at radius 3 is 2.84 bits per heavy atom. The van der Waals surface area contributed by atoms with Crippen LogP contribution in [0.2, 0.25) is 0 Å². The van der Waals surface area contributed by atoms with Crippen molar-refractivity contribution in [1.29, 1.82) is 0 Å². The van der Waals surface area contributed by atoms with Crippen LogP contribution in [-0.4, -0.2) is 53.4 Å². The molecule has 198 valence electrons. The van der Waals surface area contributed by atoms with E-state index in [-0.39, 0.29) is 16.6 Å². The number of nitrogens with zero attached hydrogens (tertiary/aromatic N) is 2. The predicted octanol–water partition coefficient (Wildman–Crippen LogP) is 6.57. The first-order valence-electron chi connectivity index (χ1n) is 15.3. The Kier molecular flexibility index (Phi) is 4.55. The molecular formula is C34H40N2O2. The van der Waals surface area contributed by atoms with Crippen molar-refractivity contribution in [2.45, 2.75) is 87.9 Å². The molecule has 5 heterocycles. The highest BCUT2D eigenvalue weighted by Gasteiger charge is 2.67. The maximum Gasteiger partial charge on any atom is 0.0974 e. The molecule has 7 aliphatic rings. The van der Waals surface area contributed by atoms with Crippen molar-refractivity contribution >= 4 is 10.8 Å². The lowest BCUT2D eigenvalue weighted by molar-refractivity contribution is -0.142. The van der Waals surface area contributed by atoms with Crippen LogP contribution in [-0.2, 0) is 9.47 Å². The van der Waals surface area contributed by atoms with Gasteiger partial charge in [0.1, 0.15) is 0 Å². The molecule has 3 saturated heterocycles. The minimum absolute atomic E-state index is 0.0168. The first kappa shape index (κ1) is 22.8. The molecule has 9 rings (SSSR count). The van der Waals surface area contributed by atoms with E-state index in [1.54, 1.807) is 5.57 Å². The van der Waals surface area contributed by atoms with E-state index in [0.717, 1.165) is 13.2 Å². The summed E-state index contributed by atoms with van der Waals surface area (Å²) in [6.07, 6.45) is 20.4. The van der Waals surface area contributed by atoms with Crippen LogP contribution < -0.4 is 0 Å². The maximum atomic E-state index is 7.60. The van der Waals surface area contributed by atoms with Crippen molar-refractivity contribution in [3.05, 3.63) is 65.5 Å². The third kappa shape index (κ3) is 2.90. The lowest BCUT2D eigenvalue weighted by Crippen LogP contribution is -2.55. The van der Waals surface area contributed by atoms with Gasteiger partial charge in [-0.1, -0.05) is 31.2 Å². The van der Waals surface area contributed by atoms with E-state index in [2.05, 4.69) is 53.2 Å². The van der Waals surface area contributed by atoms with Crippen LogP contribution in [0.25, 0.3) is 10.8 Å². The SMILES string of the molecule is C[C@]12CC=C3C=C4CC[C@H](N5CCC6(COC6)C5)C[C@]45CC[C@]3(O5)[C@@H]1CCC2c1ccc2ccncc2c1. The quantitative estimate of drug-likeness (QED) is 0.460. The molecule has 4 aliphatic heterocycles. The average Bonchev–Trinajstić information content (AvgIpc) is 3.61. The molecule has 38 heavy (non-hydrogen) atoms. The van der Waals surface area contributed by atoms with Crippen LogP contribution in [0.1, 0.15) is 76.2 Å². The minimum Gasteiger partial charge on any atom is -0.380 e. The number of benzene rings is 1. The second-order valence-electron chi connectivity index (χ2n) is 14.3. The van der Waals surface area contributed by atoms with Crippen molar-refractivity contribution in [3.8, 4) is 0 Å². The number of fused-ring (bicyclic) bond motifs is 2. The standard InChI is InChI=1S/C34H40N2O2/c1-31-10-8-27-17-26-4-5-28(36-15-13-32(20-36)21-37-22-32)18-33(26)11-12-34(27,38-33)30(31)7-6-29(31)24-3-2-23-9-14-35-19-25(23)16-24/h2-3,8-9,14,16-17,19,28-30H,4-7,10-13,15,18,20-22H2,1H3/t28-,29?,30+,31+,33+,34+/m0/s1. The highest BCUT2D eigenvalue weighted by atomic mass is 16.5. The first-order chi connectivity index (χ1) is 18.5. The number of aromatic nitrogens is 1. The number of hydrogen-bond acceptors (Lipinski definition) is 4. The fourth-order valence-corrected chi connectivity index (χ4v) is 10.5. The van der Waals surface area contributed by atoms with Gasteiger partial charge in [-0.25, -0.2) is 0 Å². The Morgan fingerprint density at radius 1 is 1.03 bits per heavy atom. The summed E-state index contributed by atoms with van der Waals surface area (Å²) in [7, 11) is 0. The molecule has 4 heteroatoms. The summed E-state index contributed by atoms with van der Waals surface area (Å²) in [5, 5.41) is 2.56. The largest absolute Gasteiger partial charge is 0.380 e. The van der Waals surface area contributed by atoms with Gasteiger partial charge in [-0.2, -0.15) is 0 Å². The summed E-state index contributed by atoms with van der Waals surface area (Å²) in [4.78, 5) is 7.22. The molecule has 6 atom stereocenters. The maximum absolute atomic E-state index is 7.60. The van der Waals surface area contributed by atoms with Gasteiger partial charge < -0.3 is 9.47 Å². The third-order valence-electron chi connectivity index (χ3n) is 12.5. The Bertz CT molecular complexity index is 1390. The molecule has 3 aliphatic carbocycles. The van der Waals surface area contributed by atoms with E-state index in [4.69, 9.17) is 9.47 Å². The lowest BCUT2D eigenvalue weighted by Gasteiger charge is -2.55. The number of allylic oxidation sites excluding steroid dienone is 1. The van der Waals surface area contributed by atoms with Gasteiger partial charge in [0, 0.05) is 35.8 Å². The summed E-state index contributed by atoms with van der Waals surface area (Å²) in [5.74, 6) is 1.18. The topological polar surface area (TPSA) is 34.6 Å². The van der Waals surface area contributed by atoms with Crippen molar-refractivity contribution in [2.24, 2.45) is 16.7 Å². The van der Waals surface area contributed by atoms with Gasteiger partial charge in [0.2, 0.25) is 0 Å². The van der Waals surface area contributed by atoms with Gasteiger partial charge in [0.25, 0.3) is 0 Å². The molecule has 0 amide bonds. The second kappa shape index (κ2) is 7.59. The number of pyridine rings is 1. The van der Waals surface area contributed by atoms with Gasteiger partial charge in [-0.15, -0.1) is 0 Å². The molecule has 0 N–H and O–H groups in total. The molecule has 1 aromatic heterocycles. The van der Waals surface area contributed by atoms with E-state index in [9.17, 15) is 0 Å². The monoisotopic (exact) mass is 508 g/mol. The van der Waals surface area contributed by atoms with Crippen LogP contribution in [0.3, 0.4) is 0 Å². The molecule has 1 unspecified atom stereocenters. The molecule has 3 spiro atoms. The van der Waals surface area contributed by atoms with E-state index in [1.807, 2.05) is 12.4 Å². The molecule has 4 nitrogen and oxygen atoms in total. The average molecular weight is 509 g/mol. The van der Waals surface area contributed by atoms with Gasteiger partial charge in [0.15, 0.2) is 0 Å². The summed E-state index contributed by atoms with van der Waals surface area (Å²) < 4.78 is 13.2. The van der Waals surface area contributed by atoms with Gasteiger partial charge in [0.05, 0.1) is 24.4 Å². The molecule has 2 aromatic rings. The first-order valence-corrected chi connectivity index (χ1v) is 15.3. The lowest BCUT2D eigenvalue weighted by atomic mass is 9.58. The molecular weight excluding hydrogens is 468 g/mol. The van der Waals surface area contributed by atoms with Crippen molar-refractivity contribution in [3.63, 3.8) is 0 Å². The molecule has 5 fully saturated rings. The van der Waals surface area contributed by atoms with Gasteiger partial charge >= 0.3 is 0 Å². The van der Waals surface area contributed by atoms with Crippen molar-refractivity contribution < 1.29 is 9.47 Å². The third-order valence-corrected chi connectivity index (χ3v) is 12.5. The van der Waals surface area contributed by atoms with Crippen LogP contribution in [0, 0.1) is 16.7 Å². The van der Waals surface area contributed by atoms with Crippen molar-refractivity contribution in [2.75, 3.05) is 26.3 Å². The number of ether oxygens (including phenoxy) is 2. The summed E-state index contributed by atoms with van der Waals surface area (Å²) >= 11 is 0. The van der Waals surface area contributed by atoms with Crippen LogP contribution in [0.5, 0.6) is 0 Å². The fraction of sp³-hybridized carbons (Fsp3) is 0.618. The fourth-order valence-electron chi connectivity index (χ4n) is 10.5. The predicted molar refractivity (Wildman–Crippen MR) is 149 cm³/mol. The highest BCUT2D eigenvalue weighted by Crippen LogP contribution is 2.69. The Balaban J connectivity index is 1.03. The molecule has 2 saturated carbocycles. The summed E-state index contributed by atoms with van der Waals surface area (Å²) in [6, 6.07) is 9.93. The normalized spacial score (nSPS) is 42.8. The van der Waals surface area contributed by atoms with Crippen LogP contribution in [0.4, 0.5) is 0 Å². The zero-order valence-electron chi connectivity index (χ0n) is 22.8. The van der Waals surface area contributed by atoms with Crippen LogP contribution >= 0.6 is 0 Å². The van der Waals surface area contributed by atoms with E-state index >= 15 is 0 Å². The summed E-state index contributed by atoms with van der Waals surface area (Å²) in [5.41, 5.74) is 5.29. The Hall–Kier alpha value is -2.01. The zero-order chi connectivity index (χ0) is 25.2. The minimum atomic E-state index is -0.0699. The van der Waals surface area contributed by atoms with E-state index in [0.29, 0.717) is 23.3 Å². The molecule has 1 aromatic carbocycles. The second-order valence-corrected chi connectivity index (χ2v) is 14.3. The zero-order valence-corrected chi connectivity index (χ0v) is 22.8. The van der Waals surface area contributed by atoms with E-state index in [1.165, 1.54) is 92.8 Å². The number of rotatable bonds is 2. The smallest absolute Gasteiger partial charge is 0.0974 e. The highest BCUT2D eigenvalue weighted by molar-refractivity contribution is 5.82. The van der Waals surface area contributed by atoms with Gasteiger partial charge in [-0.3, -0.25) is 9.88 Å². The molecule has 0 radical (unpaired) electrons. The van der Waals surface area contributed by atoms with Crippen molar-refractivity contribution in [1.82, 2.24) is 9.88 Å². The van der Waals surface area contributed by atoms with E-state index < -0.39 is 0 Å². The Morgan fingerprint density at radius 2 is 1.97 bits per heavy atom. The number of hydrogen-bond donors (Lipinski definition) is 0. The Labute approximate surface area is 226 Å². The van der Waals surface area contributed by atoms with Gasteiger partial charge in [-0.05, 0) is 116 Å². The van der Waals surface area contributed by atoms with Crippen LogP contribution in [0.15, 0.2) is 60.0 Å². The number of likely N-dealkylation sites (tertiary alicyclic amines) is 1. The molecule has 2 bridgehead atoms.